The van der Waals surface area contributed by atoms with Gasteiger partial charge in [0.25, 0.3) is 0 Å². The van der Waals surface area contributed by atoms with E-state index in [0.717, 1.165) is 161 Å². The van der Waals surface area contributed by atoms with Gasteiger partial charge in [0.05, 0.1) is 77.0 Å². The topological polar surface area (TPSA) is 132 Å². The highest BCUT2D eigenvalue weighted by molar-refractivity contribution is 5.99. The molecule has 10 nitrogen and oxygen atoms in total. The molecule has 5 aromatic carbocycles. The minimum atomic E-state index is -0.991. The van der Waals surface area contributed by atoms with Crippen molar-refractivity contribution in [1.29, 1.82) is 0 Å². The Bertz CT molecular complexity index is 4160. The molecule has 0 aliphatic carbocycles. The number of aromatic amines is 2. The van der Waals surface area contributed by atoms with Crippen molar-refractivity contribution in [3.63, 3.8) is 0 Å². The number of ether oxygens (including phenoxy) is 4. The molecule has 108 heavy (non-hydrogen) atoms. The van der Waals surface area contributed by atoms with E-state index in [0.29, 0.717) is 48.9 Å². The normalized spacial score (nSPS) is 11.7. The fourth-order valence-corrected chi connectivity index (χ4v) is 15.1. The summed E-state index contributed by atoms with van der Waals surface area (Å²) in [5.41, 5.74) is 17.2. The van der Waals surface area contributed by atoms with Crippen LogP contribution < -0.4 is 18.9 Å². The van der Waals surface area contributed by atoms with E-state index in [-0.39, 0.29) is 11.5 Å². The number of nitrogens with one attached hydrogen (secondary N) is 2. The van der Waals surface area contributed by atoms with Crippen LogP contribution in [0.5, 0.6) is 23.0 Å². The molecule has 8 bridgehead atoms. The molecule has 0 saturated carbocycles. The number of carboxylic acids is 1. The Balaban J connectivity index is 1.30. The molecule has 8 aromatic rings. The van der Waals surface area contributed by atoms with Gasteiger partial charge >= 0.3 is 5.97 Å². The zero-order valence-corrected chi connectivity index (χ0v) is 66.3. The summed E-state index contributed by atoms with van der Waals surface area (Å²) in [5.74, 6) is 8.74. The van der Waals surface area contributed by atoms with Gasteiger partial charge < -0.3 is 34.0 Å². The number of hydrogen-bond acceptors (Lipinski definition) is 7. The molecule has 0 atom stereocenters. The van der Waals surface area contributed by atoms with E-state index in [9.17, 15) is 9.90 Å². The zero-order valence-electron chi connectivity index (χ0n) is 66.3. The van der Waals surface area contributed by atoms with E-state index in [1.54, 1.807) is 24.3 Å². The van der Waals surface area contributed by atoms with Crippen LogP contribution in [0, 0.1) is 11.8 Å². The lowest BCUT2D eigenvalue weighted by atomic mass is 9.83. The van der Waals surface area contributed by atoms with Gasteiger partial charge in [-0.3, -0.25) is 0 Å². The fraction of sp³-hybridized carbons (Fsp3) is 0.459. The Labute approximate surface area is 647 Å². The first kappa shape index (κ1) is 81.4. The Kier molecular flexibility index (Phi) is 34.0. The number of unbranched alkanes of at least 4 members (excludes halogenated alkanes) is 26. The molecule has 0 radical (unpaired) electrons. The largest absolute Gasteiger partial charge is 0.493 e. The Morgan fingerprint density at radius 3 is 1.10 bits per heavy atom. The molecule has 0 amide bonds. The molecule has 0 saturated heterocycles. The van der Waals surface area contributed by atoms with Crippen LogP contribution in [0.25, 0.3) is 68.6 Å². The second kappa shape index (κ2) is 45.0. The summed E-state index contributed by atoms with van der Waals surface area (Å²) in [6.45, 7) is 15.9. The van der Waals surface area contributed by atoms with E-state index in [4.69, 9.17) is 28.9 Å². The molecule has 0 spiro atoms. The second-order valence-corrected chi connectivity index (χ2v) is 29.9. The Morgan fingerprint density at radius 1 is 0.352 bits per heavy atom. The van der Waals surface area contributed by atoms with Crippen molar-refractivity contribution in [1.82, 2.24) is 19.9 Å². The van der Waals surface area contributed by atoms with Crippen LogP contribution in [-0.4, -0.2) is 57.4 Å². The highest BCUT2D eigenvalue weighted by atomic mass is 16.5. The predicted octanol–water partition coefficient (Wildman–Crippen LogP) is 27.5. The van der Waals surface area contributed by atoms with Gasteiger partial charge in [0.1, 0.15) is 23.0 Å². The summed E-state index contributed by atoms with van der Waals surface area (Å²) >= 11 is 0. The lowest BCUT2D eigenvalue weighted by Gasteiger charge is -2.21. The van der Waals surface area contributed by atoms with Crippen LogP contribution in [0.15, 0.2) is 133 Å². The van der Waals surface area contributed by atoms with E-state index in [2.05, 4.69) is 197 Å². The van der Waals surface area contributed by atoms with E-state index >= 15 is 0 Å². The van der Waals surface area contributed by atoms with Crippen molar-refractivity contribution in [2.75, 3.05) is 26.4 Å². The molecule has 2 aliphatic rings. The van der Waals surface area contributed by atoms with Crippen molar-refractivity contribution in [3.8, 4) is 57.1 Å². The van der Waals surface area contributed by atoms with Crippen LogP contribution in [0.1, 0.15) is 325 Å². The fourth-order valence-electron chi connectivity index (χ4n) is 15.1. The summed E-state index contributed by atoms with van der Waals surface area (Å²) in [6, 6.07) is 47.0. The first-order chi connectivity index (χ1) is 53.2. The van der Waals surface area contributed by atoms with Crippen LogP contribution in [0.2, 0.25) is 0 Å². The zero-order chi connectivity index (χ0) is 75.3. The number of nitrogens with zero attached hydrogens (tertiary/aromatic N) is 2. The first-order valence-electron chi connectivity index (χ1n) is 42.2. The number of aromatic carboxylic acids is 1. The molecule has 572 valence electrons. The molecule has 3 aromatic heterocycles. The summed E-state index contributed by atoms with van der Waals surface area (Å²) in [7, 11) is 0. The minimum absolute atomic E-state index is 0.194. The molecule has 5 heterocycles. The third kappa shape index (κ3) is 23.7. The van der Waals surface area contributed by atoms with Crippen LogP contribution in [0.4, 0.5) is 0 Å². The maximum absolute atomic E-state index is 12.2. The third-order valence-corrected chi connectivity index (χ3v) is 21.3. The maximum atomic E-state index is 12.2. The first-order valence-corrected chi connectivity index (χ1v) is 42.2. The number of aryl methyl sites for hydroxylation is 2. The number of fused-ring (bicyclic) bond motifs is 8. The van der Waals surface area contributed by atoms with Gasteiger partial charge in [-0.25, -0.2) is 14.8 Å². The predicted molar refractivity (Wildman–Crippen MR) is 454 cm³/mol. The van der Waals surface area contributed by atoms with Gasteiger partial charge in [0.2, 0.25) is 0 Å². The highest BCUT2D eigenvalue weighted by Gasteiger charge is 2.28. The van der Waals surface area contributed by atoms with E-state index in [1.165, 1.54) is 164 Å². The summed E-state index contributed by atoms with van der Waals surface area (Å²) in [5, 5.41) is 9.95. The SMILES string of the molecule is CCCCCCCCOc1cccc(OCCCCCCCC)c1-c1c2nc(c(C(c3ccc(CCCCCC)cc3)c3ccc(CCCCCC)cc3)c3ccc([nH]3)c(-c3c(OCCCCCCCC)cccc3OCCCCCCCC)c3nc(c(C#Cc4ccc(C(=O)O)cc4)c4ccc1[nH]4)C=C3)C=C2. The Hall–Kier alpha value is -9.07. The second-order valence-electron chi connectivity index (χ2n) is 29.9. The number of carboxylic acid groups (broad SMARTS) is 1. The van der Waals surface area contributed by atoms with Crippen molar-refractivity contribution in [2.45, 2.75) is 266 Å². The monoisotopic (exact) mass is 1450 g/mol. The average molecular weight is 1450 g/mol. The summed E-state index contributed by atoms with van der Waals surface area (Å²) in [4.78, 5) is 32.1. The lowest BCUT2D eigenvalue weighted by molar-refractivity contribution is 0.0696. The van der Waals surface area contributed by atoms with Gasteiger partial charge in [-0.1, -0.05) is 281 Å². The molecule has 3 N–H and O–H groups in total. The number of aromatic nitrogens is 4. The molecule has 10 rings (SSSR count). The van der Waals surface area contributed by atoms with Gasteiger partial charge in [-0.15, -0.1) is 0 Å². The number of carbonyl (C=O) groups is 1. The van der Waals surface area contributed by atoms with Gasteiger partial charge in [0, 0.05) is 44.7 Å². The summed E-state index contributed by atoms with van der Waals surface area (Å²) < 4.78 is 28.4. The molecule has 0 unspecified atom stereocenters. The van der Waals surface area contributed by atoms with Crippen LogP contribution >= 0.6 is 0 Å². The molecule has 0 fully saturated rings. The number of rotatable bonds is 48. The smallest absolute Gasteiger partial charge is 0.335 e. The molecular formula is C98H124N4O6. The minimum Gasteiger partial charge on any atom is -0.493 e. The summed E-state index contributed by atoms with van der Waals surface area (Å²) in [6.07, 6.45) is 47.8. The van der Waals surface area contributed by atoms with Crippen LogP contribution in [-0.2, 0) is 12.8 Å². The maximum Gasteiger partial charge on any atom is 0.335 e. The quantitative estimate of drug-likeness (QED) is 0.0254. The Morgan fingerprint density at radius 2 is 0.694 bits per heavy atom. The van der Waals surface area contributed by atoms with Gasteiger partial charge in [-0.2, -0.15) is 0 Å². The molecule has 2 aliphatic heterocycles. The van der Waals surface area contributed by atoms with Crippen LogP contribution in [0.3, 0.4) is 0 Å². The van der Waals surface area contributed by atoms with Crippen molar-refractivity contribution in [3.05, 3.63) is 201 Å². The van der Waals surface area contributed by atoms with Gasteiger partial charge in [-0.05, 0) is 171 Å². The van der Waals surface area contributed by atoms with Crippen molar-refractivity contribution >= 4 is 52.3 Å². The number of benzene rings is 5. The van der Waals surface area contributed by atoms with Crippen molar-refractivity contribution in [2.24, 2.45) is 0 Å². The standard InChI is InChI=1S/C98H124N4O6/c1-7-13-19-25-29-35-69-105-88-43-39-44-89(106-70-36-30-26-20-14-8-2)96(88)94-84-63-61-80(99-84)79(60-53-75-51-58-78(59-52-75)98(103)104)81-62-64-85(100-81)95(97-90(107-71-37-31-27-21-15-9-3)45-40-46-91(97)108-72-38-32-28-22-16-10-4)87-68-66-83(102-87)93(82-65-67-86(94)101-82)92(76-54-47-73(48-55-76)41-33-23-17-11-5)77-56-49-74(50-57-77)42-34-24-18-12-6/h39-40,43-52,54-59,61-68,92,99,102H,7-38,41-42,69-72H2,1-6H3,(H,103,104). The molecular weight excluding hydrogens is 1330 g/mol. The third-order valence-electron chi connectivity index (χ3n) is 21.3. The molecule has 10 heteroatoms. The lowest BCUT2D eigenvalue weighted by Crippen LogP contribution is -2.07. The average Bonchev–Trinajstić information content (AvgIpc) is 1.58. The van der Waals surface area contributed by atoms with E-state index < -0.39 is 5.97 Å². The highest BCUT2D eigenvalue weighted by Crippen LogP contribution is 2.47. The van der Waals surface area contributed by atoms with Gasteiger partial charge in [0.15, 0.2) is 0 Å². The van der Waals surface area contributed by atoms with Crippen molar-refractivity contribution < 1.29 is 28.8 Å². The van der Waals surface area contributed by atoms with E-state index in [1.807, 2.05) is 0 Å². The number of H-pyrrole nitrogens is 2. The number of hydrogen-bond donors (Lipinski definition) is 3.